The van der Waals surface area contributed by atoms with Crippen molar-refractivity contribution in [1.82, 2.24) is 4.98 Å². The van der Waals surface area contributed by atoms with Gasteiger partial charge in [-0.3, -0.25) is 4.79 Å². The fourth-order valence-corrected chi connectivity index (χ4v) is 3.40. The monoisotopic (exact) mass is 265 g/mol. The van der Waals surface area contributed by atoms with Gasteiger partial charge in [0.05, 0.1) is 5.92 Å². The molecule has 3 nitrogen and oxygen atoms in total. The van der Waals surface area contributed by atoms with Crippen LogP contribution in [-0.4, -0.2) is 11.0 Å². The zero-order valence-corrected chi connectivity index (χ0v) is 10.9. The van der Waals surface area contributed by atoms with Gasteiger partial charge in [-0.25, -0.2) is 4.98 Å². The van der Waals surface area contributed by atoms with E-state index in [-0.39, 0.29) is 11.9 Å². The molecule has 2 bridgehead atoms. The molecule has 0 amide bonds. The van der Waals surface area contributed by atoms with E-state index in [9.17, 15) is 4.79 Å². The number of hydrogen-bond donors (Lipinski definition) is 0. The van der Waals surface area contributed by atoms with Crippen LogP contribution in [0.5, 0.6) is 0 Å². The number of aromatic nitrogens is 1. The van der Waals surface area contributed by atoms with E-state index in [4.69, 9.17) is 16.3 Å². The maximum absolute atomic E-state index is 12.0. The number of nitrogens with zero attached hydrogens (tertiary/aromatic N) is 1. The lowest BCUT2D eigenvalue weighted by Crippen LogP contribution is -2.23. The summed E-state index contributed by atoms with van der Waals surface area (Å²) in [7, 11) is 0. The van der Waals surface area contributed by atoms with Crippen LogP contribution in [0.3, 0.4) is 0 Å². The number of ether oxygens (including phenoxy) is 1. The molecule has 2 aliphatic rings. The summed E-state index contributed by atoms with van der Waals surface area (Å²) in [5.74, 6) is 1.46. The molecule has 0 N–H and O–H groups in total. The summed E-state index contributed by atoms with van der Waals surface area (Å²) >= 11 is 5.70. The van der Waals surface area contributed by atoms with E-state index in [1.807, 2.05) is 6.07 Å². The molecular formula is C14H16ClNO2. The van der Waals surface area contributed by atoms with Gasteiger partial charge in [-0.15, -0.1) is 0 Å². The molecule has 3 atom stereocenters. The SMILES string of the molecule is O=C(OCc1ccc(Cl)nc1)C1CC2CCC1C2. The van der Waals surface area contributed by atoms with Gasteiger partial charge < -0.3 is 4.74 Å². The van der Waals surface area contributed by atoms with Crippen molar-refractivity contribution in [2.75, 3.05) is 0 Å². The summed E-state index contributed by atoms with van der Waals surface area (Å²) < 4.78 is 5.38. The third-order valence-corrected chi connectivity index (χ3v) is 4.43. The fraction of sp³-hybridized carbons (Fsp3) is 0.571. The Morgan fingerprint density at radius 3 is 2.89 bits per heavy atom. The Labute approximate surface area is 112 Å². The molecule has 2 saturated carbocycles. The molecule has 0 aliphatic heterocycles. The predicted octanol–water partition coefficient (Wildman–Crippen LogP) is 3.21. The summed E-state index contributed by atoms with van der Waals surface area (Å²) in [6.07, 6.45) is 6.41. The highest BCUT2D eigenvalue weighted by atomic mass is 35.5. The Kier molecular flexibility index (Phi) is 3.25. The number of carbonyl (C=O) groups is 1. The van der Waals surface area contributed by atoms with Crippen molar-refractivity contribution in [3.8, 4) is 0 Å². The minimum absolute atomic E-state index is 0.0304. The van der Waals surface area contributed by atoms with E-state index in [0.717, 1.165) is 17.9 Å². The second-order valence-electron chi connectivity index (χ2n) is 5.38. The van der Waals surface area contributed by atoms with Gasteiger partial charge in [0.25, 0.3) is 0 Å². The maximum Gasteiger partial charge on any atom is 0.309 e. The number of esters is 1. The zero-order valence-electron chi connectivity index (χ0n) is 10.1. The average Bonchev–Trinajstić information content (AvgIpc) is 3.00. The molecule has 1 aromatic rings. The van der Waals surface area contributed by atoms with Crippen molar-refractivity contribution in [1.29, 1.82) is 0 Å². The highest BCUT2D eigenvalue weighted by Crippen LogP contribution is 2.48. The minimum Gasteiger partial charge on any atom is -0.461 e. The molecule has 18 heavy (non-hydrogen) atoms. The van der Waals surface area contributed by atoms with E-state index in [1.165, 1.54) is 19.3 Å². The van der Waals surface area contributed by atoms with Gasteiger partial charge in [-0.05, 0) is 37.2 Å². The lowest BCUT2D eigenvalue weighted by atomic mass is 9.89. The van der Waals surface area contributed by atoms with Gasteiger partial charge in [-0.1, -0.05) is 24.1 Å². The van der Waals surface area contributed by atoms with E-state index in [0.29, 0.717) is 17.7 Å². The van der Waals surface area contributed by atoms with Crippen molar-refractivity contribution in [3.05, 3.63) is 29.0 Å². The van der Waals surface area contributed by atoms with Gasteiger partial charge in [0.15, 0.2) is 0 Å². The lowest BCUT2D eigenvalue weighted by Gasteiger charge is -2.19. The molecule has 0 spiro atoms. The molecule has 2 aliphatic carbocycles. The second kappa shape index (κ2) is 4.88. The standard InChI is InChI=1S/C14H16ClNO2/c15-13-4-2-10(7-16-13)8-18-14(17)12-6-9-1-3-11(12)5-9/h2,4,7,9,11-12H,1,3,5-6,8H2. The first-order chi connectivity index (χ1) is 8.72. The smallest absolute Gasteiger partial charge is 0.309 e. The third-order valence-electron chi connectivity index (χ3n) is 4.21. The first-order valence-corrected chi connectivity index (χ1v) is 6.87. The van der Waals surface area contributed by atoms with Gasteiger partial charge in [0.1, 0.15) is 11.8 Å². The van der Waals surface area contributed by atoms with Crippen LogP contribution in [0.2, 0.25) is 5.15 Å². The fourth-order valence-electron chi connectivity index (χ4n) is 3.29. The third kappa shape index (κ3) is 2.37. The summed E-state index contributed by atoms with van der Waals surface area (Å²) in [6.45, 7) is 0.302. The molecular weight excluding hydrogens is 250 g/mol. The summed E-state index contributed by atoms with van der Waals surface area (Å²) in [5, 5.41) is 0.457. The maximum atomic E-state index is 12.0. The van der Waals surface area contributed by atoms with Crippen LogP contribution in [0.4, 0.5) is 0 Å². The Balaban J connectivity index is 1.54. The minimum atomic E-state index is -0.0304. The number of rotatable bonds is 3. The summed E-state index contributed by atoms with van der Waals surface area (Å²) in [4.78, 5) is 16.0. The van der Waals surface area contributed by atoms with Crippen LogP contribution >= 0.6 is 11.6 Å². The first kappa shape index (κ1) is 12.0. The number of pyridine rings is 1. The van der Waals surface area contributed by atoms with Gasteiger partial charge >= 0.3 is 5.97 Å². The van der Waals surface area contributed by atoms with Crippen LogP contribution in [0, 0.1) is 17.8 Å². The van der Waals surface area contributed by atoms with Gasteiger partial charge in [0, 0.05) is 11.8 Å². The zero-order chi connectivity index (χ0) is 12.5. The van der Waals surface area contributed by atoms with Gasteiger partial charge in [0.2, 0.25) is 0 Å². The predicted molar refractivity (Wildman–Crippen MR) is 68.0 cm³/mol. The molecule has 4 heteroatoms. The molecule has 2 fully saturated rings. The Morgan fingerprint density at radius 1 is 1.39 bits per heavy atom. The number of carbonyl (C=O) groups excluding carboxylic acids is 1. The average molecular weight is 266 g/mol. The first-order valence-electron chi connectivity index (χ1n) is 6.49. The van der Waals surface area contributed by atoms with Crippen LogP contribution in [-0.2, 0) is 16.1 Å². The van der Waals surface area contributed by atoms with Crippen molar-refractivity contribution >= 4 is 17.6 Å². The molecule has 1 aromatic heterocycles. The Bertz CT molecular complexity index is 446. The molecule has 0 aromatic carbocycles. The molecule has 3 rings (SSSR count). The quantitative estimate of drug-likeness (QED) is 0.622. The Morgan fingerprint density at radius 2 is 2.28 bits per heavy atom. The lowest BCUT2D eigenvalue weighted by molar-refractivity contribution is -0.151. The second-order valence-corrected chi connectivity index (χ2v) is 5.77. The van der Waals surface area contributed by atoms with Crippen molar-refractivity contribution in [2.24, 2.45) is 17.8 Å². The molecule has 96 valence electrons. The number of hydrogen-bond acceptors (Lipinski definition) is 3. The van der Waals surface area contributed by atoms with Crippen LogP contribution in [0.1, 0.15) is 31.2 Å². The molecule has 0 saturated heterocycles. The van der Waals surface area contributed by atoms with Crippen LogP contribution in [0.15, 0.2) is 18.3 Å². The summed E-state index contributed by atoms with van der Waals surface area (Å²) in [5.41, 5.74) is 0.885. The topological polar surface area (TPSA) is 39.2 Å². The molecule has 3 unspecified atom stereocenters. The van der Waals surface area contributed by atoms with Gasteiger partial charge in [-0.2, -0.15) is 0 Å². The van der Waals surface area contributed by atoms with Crippen LogP contribution in [0.25, 0.3) is 0 Å². The Hall–Kier alpha value is -1.09. The number of halogens is 1. The highest BCUT2D eigenvalue weighted by molar-refractivity contribution is 6.29. The normalized spacial score (nSPS) is 29.5. The highest BCUT2D eigenvalue weighted by Gasteiger charge is 2.43. The summed E-state index contributed by atoms with van der Waals surface area (Å²) in [6, 6.07) is 3.55. The van der Waals surface area contributed by atoms with E-state index in [1.54, 1.807) is 12.3 Å². The van der Waals surface area contributed by atoms with Crippen molar-refractivity contribution in [3.63, 3.8) is 0 Å². The number of fused-ring (bicyclic) bond motifs is 2. The van der Waals surface area contributed by atoms with Crippen molar-refractivity contribution < 1.29 is 9.53 Å². The molecule has 1 heterocycles. The van der Waals surface area contributed by atoms with E-state index in [2.05, 4.69) is 4.98 Å². The van der Waals surface area contributed by atoms with Crippen molar-refractivity contribution in [2.45, 2.75) is 32.3 Å². The van der Waals surface area contributed by atoms with Crippen LogP contribution < -0.4 is 0 Å². The molecule has 0 radical (unpaired) electrons. The van der Waals surface area contributed by atoms with E-state index < -0.39 is 0 Å². The largest absolute Gasteiger partial charge is 0.461 e. The van der Waals surface area contributed by atoms with E-state index >= 15 is 0 Å².